The van der Waals surface area contributed by atoms with E-state index in [0.29, 0.717) is 0 Å². The molecule has 46 heavy (non-hydrogen) atoms. The maximum atomic E-state index is 2.48. The van der Waals surface area contributed by atoms with Crippen LogP contribution in [0.1, 0.15) is 0 Å². The van der Waals surface area contributed by atoms with Gasteiger partial charge < -0.3 is 9.13 Å². The Balaban J connectivity index is 1.28. The maximum absolute atomic E-state index is 2.48. The van der Waals surface area contributed by atoms with Gasteiger partial charge in [-0.1, -0.05) is 109 Å². The first-order chi connectivity index (χ1) is 22.8. The lowest BCUT2D eigenvalue weighted by molar-refractivity contribution is 1.13. The van der Waals surface area contributed by atoms with Gasteiger partial charge in [0.1, 0.15) is 0 Å². The molecule has 0 spiro atoms. The standard InChI is InChI=1S/C44H28N2/c1-2-12-34(13-3-1)45-25-24-33-26-31(19-22-41(33)45)32-20-23-42-40(28-32)43-38-16-8-6-14-36(38)37-15-7-9-17-39(37)44(43)46(42)35-21-18-29-10-4-5-11-30(29)27-35/h1-28H. The first kappa shape index (κ1) is 25.2. The third kappa shape index (κ3) is 3.65. The molecular weight excluding hydrogens is 556 g/mol. The van der Waals surface area contributed by atoms with Crippen molar-refractivity contribution in [2.45, 2.75) is 0 Å². The summed E-state index contributed by atoms with van der Waals surface area (Å²) in [7, 11) is 0. The van der Waals surface area contributed by atoms with Crippen molar-refractivity contribution in [2.75, 3.05) is 0 Å². The van der Waals surface area contributed by atoms with E-state index in [-0.39, 0.29) is 0 Å². The Labute approximate surface area is 266 Å². The lowest BCUT2D eigenvalue weighted by atomic mass is 9.95. The van der Waals surface area contributed by atoms with Crippen LogP contribution in [-0.4, -0.2) is 9.13 Å². The normalized spacial score (nSPS) is 11.9. The molecule has 2 nitrogen and oxygen atoms in total. The van der Waals surface area contributed by atoms with Crippen LogP contribution >= 0.6 is 0 Å². The minimum Gasteiger partial charge on any atom is -0.317 e. The van der Waals surface area contributed by atoms with Crippen LogP contribution in [0, 0.1) is 0 Å². The first-order valence-electron chi connectivity index (χ1n) is 15.9. The number of fused-ring (bicyclic) bond motifs is 10. The van der Waals surface area contributed by atoms with Gasteiger partial charge in [-0.15, -0.1) is 0 Å². The van der Waals surface area contributed by atoms with Crippen molar-refractivity contribution >= 4 is 65.0 Å². The van der Waals surface area contributed by atoms with E-state index >= 15 is 0 Å². The van der Waals surface area contributed by atoms with Crippen molar-refractivity contribution in [3.05, 3.63) is 170 Å². The molecule has 8 aromatic carbocycles. The molecule has 0 atom stereocenters. The van der Waals surface area contributed by atoms with Crippen LogP contribution < -0.4 is 0 Å². The molecule has 10 aromatic rings. The molecule has 0 saturated carbocycles. The van der Waals surface area contributed by atoms with E-state index < -0.39 is 0 Å². The van der Waals surface area contributed by atoms with Gasteiger partial charge in [-0.05, 0) is 92.7 Å². The molecule has 0 aliphatic heterocycles. The summed E-state index contributed by atoms with van der Waals surface area (Å²) in [6.07, 6.45) is 2.17. The number of hydrogen-bond donors (Lipinski definition) is 0. The fraction of sp³-hybridized carbons (Fsp3) is 0. The Morgan fingerprint density at radius 2 is 1.00 bits per heavy atom. The zero-order valence-corrected chi connectivity index (χ0v) is 25.1. The average molecular weight is 585 g/mol. The van der Waals surface area contributed by atoms with Gasteiger partial charge in [-0.3, -0.25) is 0 Å². The predicted molar refractivity (Wildman–Crippen MR) is 196 cm³/mol. The van der Waals surface area contributed by atoms with Crippen LogP contribution in [0.3, 0.4) is 0 Å². The van der Waals surface area contributed by atoms with E-state index in [2.05, 4.69) is 179 Å². The van der Waals surface area contributed by atoms with Gasteiger partial charge in [0.15, 0.2) is 0 Å². The van der Waals surface area contributed by atoms with E-state index in [1.54, 1.807) is 0 Å². The van der Waals surface area contributed by atoms with Crippen LogP contribution in [-0.2, 0) is 0 Å². The summed E-state index contributed by atoms with van der Waals surface area (Å²) >= 11 is 0. The van der Waals surface area contributed by atoms with Gasteiger partial charge >= 0.3 is 0 Å². The maximum Gasteiger partial charge on any atom is 0.0625 e. The molecule has 0 radical (unpaired) electrons. The molecule has 0 fully saturated rings. The lowest BCUT2D eigenvalue weighted by Crippen LogP contribution is -1.95. The quantitative estimate of drug-likeness (QED) is 0.183. The fourth-order valence-electron chi connectivity index (χ4n) is 7.58. The van der Waals surface area contributed by atoms with Gasteiger partial charge in [-0.2, -0.15) is 0 Å². The second kappa shape index (κ2) is 9.69. The van der Waals surface area contributed by atoms with Crippen LogP contribution in [0.4, 0.5) is 0 Å². The average Bonchev–Trinajstić information content (AvgIpc) is 3.71. The minimum atomic E-state index is 1.17. The SMILES string of the molecule is c1ccc(-n2ccc3cc(-c4ccc5c(c4)c4c6ccccc6c6ccccc6c4n5-c4ccc5ccccc5c4)ccc32)cc1. The smallest absolute Gasteiger partial charge is 0.0625 e. The summed E-state index contributed by atoms with van der Waals surface area (Å²) in [4.78, 5) is 0. The van der Waals surface area contributed by atoms with E-state index in [9.17, 15) is 0 Å². The Morgan fingerprint density at radius 1 is 0.348 bits per heavy atom. The Kier molecular flexibility index (Phi) is 5.31. The highest BCUT2D eigenvalue weighted by molar-refractivity contribution is 6.32. The highest BCUT2D eigenvalue weighted by atomic mass is 15.0. The number of benzene rings is 8. The fourth-order valence-corrected chi connectivity index (χ4v) is 7.58. The monoisotopic (exact) mass is 584 g/mol. The minimum absolute atomic E-state index is 1.17. The molecular formula is C44H28N2. The highest BCUT2D eigenvalue weighted by Gasteiger charge is 2.20. The van der Waals surface area contributed by atoms with Crippen molar-refractivity contribution in [3.63, 3.8) is 0 Å². The summed E-state index contributed by atoms with van der Waals surface area (Å²) in [5.74, 6) is 0. The second-order valence-electron chi connectivity index (χ2n) is 12.2. The van der Waals surface area contributed by atoms with Crippen LogP contribution in [0.25, 0.3) is 87.5 Å². The second-order valence-corrected chi connectivity index (χ2v) is 12.2. The molecule has 2 heteroatoms. The molecule has 0 unspecified atom stereocenters. The summed E-state index contributed by atoms with van der Waals surface area (Å²) in [6.45, 7) is 0. The van der Waals surface area contributed by atoms with Crippen molar-refractivity contribution in [1.82, 2.24) is 9.13 Å². The van der Waals surface area contributed by atoms with Gasteiger partial charge in [0, 0.05) is 39.1 Å². The molecule has 0 bridgehead atoms. The third-order valence-electron chi connectivity index (χ3n) is 9.69. The van der Waals surface area contributed by atoms with Gasteiger partial charge in [0.2, 0.25) is 0 Å². The number of hydrogen-bond acceptors (Lipinski definition) is 0. The molecule has 0 aliphatic rings. The summed E-state index contributed by atoms with van der Waals surface area (Å²) in [5, 5.41) is 11.4. The summed E-state index contributed by atoms with van der Waals surface area (Å²) in [5.41, 5.74) is 8.47. The highest BCUT2D eigenvalue weighted by Crippen LogP contribution is 2.43. The molecule has 0 saturated heterocycles. The van der Waals surface area contributed by atoms with E-state index in [4.69, 9.17) is 0 Å². The molecule has 2 aromatic heterocycles. The summed E-state index contributed by atoms with van der Waals surface area (Å²) in [6, 6.07) is 59.9. The number of rotatable bonds is 3. The molecule has 214 valence electrons. The van der Waals surface area contributed by atoms with E-state index in [1.165, 1.54) is 87.5 Å². The van der Waals surface area contributed by atoms with E-state index in [0.717, 1.165) is 0 Å². The molecule has 2 heterocycles. The number of para-hydroxylation sites is 1. The van der Waals surface area contributed by atoms with Crippen LogP contribution in [0.2, 0.25) is 0 Å². The van der Waals surface area contributed by atoms with E-state index in [1.807, 2.05) is 0 Å². The molecule has 0 amide bonds. The predicted octanol–water partition coefficient (Wildman–Crippen LogP) is 11.9. The first-order valence-corrected chi connectivity index (χ1v) is 15.9. The van der Waals surface area contributed by atoms with Crippen molar-refractivity contribution in [1.29, 1.82) is 0 Å². The Bertz CT molecular complexity index is 2800. The molecule has 0 aliphatic carbocycles. The largest absolute Gasteiger partial charge is 0.317 e. The zero-order chi connectivity index (χ0) is 30.2. The number of nitrogens with zero attached hydrogens (tertiary/aromatic N) is 2. The zero-order valence-electron chi connectivity index (χ0n) is 25.1. The number of aromatic nitrogens is 2. The van der Waals surface area contributed by atoms with Crippen LogP contribution in [0.15, 0.2) is 170 Å². The van der Waals surface area contributed by atoms with Gasteiger partial charge in [0.05, 0.1) is 16.6 Å². The van der Waals surface area contributed by atoms with Crippen molar-refractivity contribution < 1.29 is 0 Å². The third-order valence-corrected chi connectivity index (χ3v) is 9.69. The molecule has 10 rings (SSSR count). The molecule has 0 N–H and O–H groups in total. The Hall–Kier alpha value is -6.12. The van der Waals surface area contributed by atoms with Crippen molar-refractivity contribution in [3.8, 4) is 22.5 Å². The summed E-state index contributed by atoms with van der Waals surface area (Å²) < 4.78 is 4.75. The lowest BCUT2D eigenvalue weighted by Gasteiger charge is -2.13. The van der Waals surface area contributed by atoms with Crippen molar-refractivity contribution in [2.24, 2.45) is 0 Å². The Morgan fingerprint density at radius 3 is 1.83 bits per heavy atom. The van der Waals surface area contributed by atoms with Gasteiger partial charge in [-0.25, -0.2) is 0 Å². The van der Waals surface area contributed by atoms with Crippen LogP contribution in [0.5, 0.6) is 0 Å². The van der Waals surface area contributed by atoms with Gasteiger partial charge in [0.25, 0.3) is 0 Å². The topological polar surface area (TPSA) is 9.86 Å².